The number of hydrogen-bond donors (Lipinski definition) is 2. The van der Waals surface area contributed by atoms with Gasteiger partial charge in [-0.2, -0.15) is 0 Å². The third kappa shape index (κ3) is 6.04. The second kappa shape index (κ2) is 10.4. The molecule has 0 unspecified atom stereocenters. The molecule has 0 radical (unpaired) electrons. The monoisotopic (exact) mass is 320 g/mol. The molecule has 0 heterocycles. The molecule has 0 atom stereocenters. The van der Waals surface area contributed by atoms with E-state index >= 15 is 0 Å². The van der Waals surface area contributed by atoms with Crippen molar-refractivity contribution in [2.45, 2.75) is 25.7 Å². The van der Waals surface area contributed by atoms with Gasteiger partial charge in [0.2, 0.25) is 0 Å². The maximum absolute atomic E-state index is 9.48. The molecule has 0 saturated heterocycles. The van der Waals surface area contributed by atoms with Crippen LogP contribution in [0.5, 0.6) is 0 Å². The summed E-state index contributed by atoms with van der Waals surface area (Å²) >= 11 is 0. The molecular weight excluding hydrogens is 296 g/mol. The Kier molecular flexibility index (Phi) is 7.83. The number of benzene rings is 2. The van der Waals surface area contributed by atoms with Crippen molar-refractivity contribution >= 4 is 0 Å². The van der Waals surface area contributed by atoms with E-state index in [1.807, 2.05) is 36.4 Å². The van der Waals surface area contributed by atoms with Crippen LogP contribution < -0.4 is 0 Å². The first kappa shape index (κ1) is 18.0. The van der Waals surface area contributed by atoms with Gasteiger partial charge in [-0.05, 0) is 24.0 Å². The Labute approximate surface area is 144 Å². The van der Waals surface area contributed by atoms with E-state index in [4.69, 9.17) is 5.11 Å². The Morgan fingerprint density at radius 2 is 1.33 bits per heavy atom. The van der Waals surface area contributed by atoms with Gasteiger partial charge in [-0.25, -0.2) is 0 Å². The fourth-order valence-electron chi connectivity index (χ4n) is 2.61. The van der Waals surface area contributed by atoms with Crippen molar-refractivity contribution in [1.82, 2.24) is 0 Å². The maximum Gasteiger partial charge on any atom is 0.0540 e. The van der Waals surface area contributed by atoms with Crippen molar-refractivity contribution in [3.05, 3.63) is 82.9 Å². The second-order valence-corrected chi connectivity index (χ2v) is 5.66. The molecule has 0 spiro atoms. The second-order valence-electron chi connectivity index (χ2n) is 5.66. The van der Waals surface area contributed by atoms with Crippen LogP contribution in [0, 0.1) is 11.8 Å². The molecule has 0 aromatic heterocycles. The molecule has 0 aliphatic heterocycles. The molecule has 24 heavy (non-hydrogen) atoms. The van der Waals surface area contributed by atoms with Crippen LogP contribution in [0.3, 0.4) is 0 Å². The molecule has 2 N–H and O–H groups in total. The van der Waals surface area contributed by atoms with Gasteiger partial charge in [0.15, 0.2) is 0 Å². The van der Waals surface area contributed by atoms with Crippen LogP contribution in [0.4, 0.5) is 0 Å². The Morgan fingerprint density at radius 3 is 1.88 bits per heavy atom. The molecule has 0 saturated carbocycles. The molecule has 2 aromatic rings. The van der Waals surface area contributed by atoms with E-state index in [1.54, 1.807) is 0 Å². The van der Waals surface area contributed by atoms with Gasteiger partial charge in [-0.3, -0.25) is 0 Å². The van der Waals surface area contributed by atoms with Gasteiger partial charge < -0.3 is 10.2 Å². The Balaban J connectivity index is 2.33. The minimum absolute atomic E-state index is 0.0691. The average Bonchev–Trinajstić information content (AvgIpc) is 2.62. The van der Waals surface area contributed by atoms with E-state index in [2.05, 4.69) is 36.1 Å². The molecule has 0 aliphatic rings. The highest BCUT2D eigenvalue weighted by atomic mass is 16.3. The molecule has 2 rings (SSSR count). The fraction of sp³-hybridized carbons (Fsp3) is 0.273. The summed E-state index contributed by atoms with van der Waals surface area (Å²) in [5.74, 6) is 6.27. The smallest absolute Gasteiger partial charge is 0.0540 e. The minimum Gasteiger partial charge on any atom is -0.396 e. The highest BCUT2D eigenvalue weighted by Gasteiger charge is 2.08. The van der Waals surface area contributed by atoms with Crippen LogP contribution >= 0.6 is 0 Å². The standard InChI is InChI=1S/C22H24O2/c23-15-8-7-13-21(17-19-9-3-1-4-10-19)22(14-16-24)18-20-11-5-2-6-12-20/h1-6,9-12,23-24H,8,14-18H2/b22-21-. The summed E-state index contributed by atoms with van der Waals surface area (Å²) in [7, 11) is 0. The number of aliphatic hydroxyl groups excluding tert-OH is 2. The van der Waals surface area contributed by atoms with E-state index < -0.39 is 0 Å². The van der Waals surface area contributed by atoms with Crippen LogP contribution in [0.2, 0.25) is 0 Å². The van der Waals surface area contributed by atoms with Crippen molar-refractivity contribution in [2.24, 2.45) is 0 Å². The van der Waals surface area contributed by atoms with Crippen molar-refractivity contribution in [1.29, 1.82) is 0 Å². The van der Waals surface area contributed by atoms with Crippen molar-refractivity contribution in [2.75, 3.05) is 13.2 Å². The largest absolute Gasteiger partial charge is 0.396 e. The lowest BCUT2D eigenvalue weighted by Crippen LogP contribution is -2.01. The third-order valence-corrected chi connectivity index (χ3v) is 3.80. The molecule has 0 aliphatic carbocycles. The SMILES string of the molecule is OCCC#C/C(Cc1ccccc1)=C(\CCO)Cc1ccccc1. The molecule has 0 bridgehead atoms. The number of aliphatic hydroxyl groups is 2. The van der Waals surface area contributed by atoms with E-state index in [9.17, 15) is 5.11 Å². The highest BCUT2D eigenvalue weighted by Crippen LogP contribution is 2.19. The summed E-state index contributed by atoms with van der Waals surface area (Å²) in [6.07, 6.45) is 2.62. The van der Waals surface area contributed by atoms with Crippen LogP contribution in [0.1, 0.15) is 24.0 Å². The normalized spacial score (nSPS) is 11.4. The summed E-state index contributed by atoms with van der Waals surface area (Å²) in [6, 6.07) is 20.5. The van der Waals surface area contributed by atoms with E-state index in [1.165, 1.54) is 11.1 Å². The van der Waals surface area contributed by atoms with Crippen molar-refractivity contribution in [3.8, 4) is 11.8 Å². The zero-order valence-electron chi connectivity index (χ0n) is 13.9. The lowest BCUT2D eigenvalue weighted by atomic mass is 9.93. The Bertz CT molecular complexity index is 691. The van der Waals surface area contributed by atoms with E-state index in [0.29, 0.717) is 12.8 Å². The third-order valence-electron chi connectivity index (χ3n) is 3.80. The first-order valence-corrected chi connectivity index (χ1v) is 8.33. The summed E-state index contributed by atoms with van der Waals surface area (Å²) < 4.78 is 0. The lowest BCUT2D eigenvalue weighted by Gasteiger charge is -2.12. The van der Waals surface area contributed by atoms with Crippen molar-refractivity contribution in [3.63, 3.8) is 0 Å². The molecule has 0 fully saturated rings. The van der Waals surface area contributed by atoms with Gasteiger partial charge in [-0.15, -0.1) is 0 Å². The van der Waals surface area contributed by atoms with Gasteiger partial charge in [0.05, 0.1) is 6.61 Å². The van der Waals surface area contributed by atoms with E-state index in [-0.39, 0.29) is 13.2 Å². The van der Waals surface area contributed by atoms with Gasteiger partial charge in [0, 0.05) is 25.0 Å². The van der Waals surface area contributed by atoms with Gasteiger partial charge in [-0.1, -0.05) is 78.1 Å². The van der Waals surface area contributed by atoms with Crippen LogP contribution in [-0.2, 0) is 12.8 Å². The predicted octanol–water partition coefficient (Wildman–Crippen LogP) is 3.54. The Morgan fingerprint density at radius 1 is 0.750 bits per heavy atom. The predicted molar refractivity (Wildman–Crippen MR) is 98.5 cm³/mol. The topological polar surface area (TPSA) is 40.5 Å². The zero-order chi connectivity index (χ0) is 17.0. The van der Waals surface area contributed by atoms with Crippen molar-refractivity contribution < 1.29 is 10.2 Å². The molecule has 124 valence electrons. The number of hydrogen-bond acceptors (Lipinski definition) is 2. The first-order chi connectivity index (χ1) is 11.8. The molecule has 2 nitrogen and oxygen atoms in total. The fourth-order valence-corrected chi connectivity index (χ4v) is 2.61. The van der Waals surface area contributed by atoms with Crippen LogP contribution in [0.15, 0.2) is 71.8 Å². The zero-order valence-corrected chi connectivity index (χ0v) is 13.9. The number of rotatable bonds is 7. The molecular formula is C22H24O2. The Hall–Kier alpha value is -2.34. The van der Waals surface area contributed by atoms with E-state index in [0.717, 1.165) is 24.0 Å². The van der Waals surface area contributed by atoms with Gasteiger partial charge in [0.25, 0.3) is 0 Å². The summed E-state index contributed by atoms with van der Waals surface area (Å²) in [5.41, 5.74) is 4.63. The minimum atomic E-state index is 0.0691. The summed E-state index contributed by atoms with van der Waals surface area (Å²) in [6.45, 7) is 0.182. The molecule has 2 aromatic carbocycles. The summed E-state index contributed by atoms with van der Waals surface area (Å²) in [5, 5.41) is 18.5. The average molecular weight is 320 g/mol. The maximum atomic E-state index is 9.48. The number of allylic oxidation sites excluding steroid dienone is 1. The molecule has 2 heteroatoms. The van der Waals surface area contributed by atoms with Crippen LogP contribution in [-0.4, -0.2) is 23.4 Å². The highest BCUT2D eigenvalue weighted by molar-refractivity contribution is 5.40. The first-order valence-electron chi connectivity index (χ1n) is 8.33. The van der Waals surface area contributed by atoms with Gasteiger partial charge in [0.1, 0.15) is 0 Å². The quantitative estimate of drug-likeness (QED) is 0.766. The molecule has 0 amide bonds. The lowest BCUT2D eigenvalue weighted by molar-refractivity contribution is 0.298. The summed E-state index contributed by atoms with van der Waals surface area (Å²) in [4.78, 5) is 0. The van der Waals surface area contributed by atoms with Crippen LogP contribution in [0.25, 0.3) is 0 Å². The van der Waals surface area contributed by atoms with Gasteiger partial charge >= 0.3 is 0 Å².